The van der Waals surface area contributed by atoms with Crippen molar-refractivity contribution in [1.82, 2.24) is 20.4 Å². The minimum Gasteiger partial charge on any atom is -0.356 e. The Hall–Kier alpha value is -0.0800. The Bertz CT molecular complexity index is 351. The van der Waals surface area contributed by atoms with Crippen LogP contribution in [0.1, 0.15) is 32.6 Å². The van der Waals surface area contributed by atoms with Gasteiger partial charge in [0.25, 0.3) is 0 Å². The topological polar surface area (TPSA) is 42.9 Å². The average Bonchev–Trinajstić information content (AvgIpc) is 2.44. The summed E-state index contributed by atoms with van der Waals surface area (Å²) < 4.78 is 0. The second kappa shape index (κ2) is 9.27. The van der Waals surface area contributed by atoms with Crippen LogP contribution < -0.4 is 10.6 Å². The summed E-state index contributed by atoms with van der Waals surface area (Å²) in [6.45, 7) is 7.76. The highest BCUT2D eigenvalue weighted by molar-refractivity contribution is 14.0. The normalized spacial score (nSPS) is 26.0. The van der Waals surface area contributed by atoms with Gasteiger partial charge >= 0.3 is 0 Å². The number of rotatable bonds is 5. The van der Waals surface area contributed by atoms with Crippen LogP contribution in [0.25, 0.3) is 0 Å². The first-order chi connectivity index (χ1) is 10.1. The lowest BCUT2D eigenvalue weighted by Crippen LogP contribution is -2.56. The summed E-state index contributed by atoms with van der Waals surface area (Å²) in [4.78, 5) is 9.22. The molecule has 0 aromatic carbocycles. The van der Waals surface area contributed by atoms with Crippen LogP contribution in [0.3, 0.4) is 0 Å². The molecule has 1 aliphatic heterocycles. The third-order valence-electron chi connectivity index (χ3n) is 5.50. The fourth-order valence-electron chi connectivity index (χ4n) is 3.36. The number of hydrogen-bond donors (Lipinski definition) is 2. The molecule has 1 saturated carbocycles. The Kier molecular flexibility index (Phi) is 8.42. The Balaban J connectivity index is 0.00000242. The summed E-state index contributed by atoms with van der Waals surface area (Å²) in [5.41, 5.74) is 0.527. The van der Waals surface area contributed by atoms with Crippen molar-refractivity contribution in [3.8, 4) is 0 Å². The molecule has 0 aromatic heterocycles. The van der Waals surface area contributed by atoms with Gasteiger partial charge in [0.1, 0.15) is 0 Å². The molecule has 2 N–H and O–H groups in total. The van der Waals surface area contributed by atoms with E-state index in [1.807, 2.05) is 7.05 Å². The molecule has 1 aliphatic carbocycles. The van der Waals surface area contributed by atoms with Crippen LogP contribution in [0.15, 0.2) is 4.99 Å². The number of guanidine groups is 1. The van der Waals surface area contributed by atoms with Crippen molar-refractivity contribution in [2.24, 2.45) is 10.4 Å². The molecule has 1 unspecified atom stereocenters. The van der Waals surface area contributed by atoms with Gasteiger partial charge < -0.3 is 15.5 Å². The monoisotopic (exact) mass is 423 g/mol. The van der Waals surface area contributed by atoms with E-state index in [4.69, 9.17) is 0 Å². The van der Waals surface area contributed by atoms with Crippen molar-refractivity contribution in [3.63, 3.8) is 0 Å². The molecule has 0 spiro atoms. The van der Waals surface area contributed by atoms with Crippen molar-refractivity contribution >= 4 is 29.9 Å². The molecular weight excluding hydrogens is 389 g/mol. The maximum atomic E-state index is 4.37. The van der Waals surface area contributed by atoms with Crippen molar-refractivity contribution in [2.75, 3.05) is 53.9 Å². The van der Waals surface area contributed by atoms with Gasteiger partial charge in [-0.2, -0.15) is 0 Å². The molecular formula is C16H34IN5. The lowest BCUT2D eigenvalue weighted by molar-refractivity contribution is 0.115. The number of hydrogen-bond acceptors (Lipinski definition) is 3. The molecule has 2 fully saturated rings. The van der Waals surface area contributed by atoms with E-state index >= 15 is 0 Å². The highest BCUT2D eigenvalue weighted by atomic mass is 127. The molecule has 6 heteroatoms. The standard InChI is InChI=1S/C16H33N5.HI/c1-5-16(7-6-8-16)13-19-15(17-2)18-11-14-12-20(3)9-10-21(14)4;/h14H,5-13H2,1-4H3,(H2,17,18,19);1H. The highest BCUT2D eigenvalue weighted by Gasteiger charge is 2.35. The van der Waals surface area contributed by atoms with E-state index in [1.165, 1.54) is 32.2 Å². The van der Waals surface area contributed by atoms with Crippen molar-refractivity contribution in [1.29, 1.82) is 0 Å². The van der Waals surface area contributed by atoms with Gasteiger partial charge in [0, 0.05) is 45.8 Å². The van der Waals surface area contributed by atoms with E-state index < -0.39 is 0 Å². The predicted molar refractivity (Wildman–Crippen MR) is 105 cm³/mol. The first-order valence-electron chi connectivity index (χ1n) is 8.42. The number of piperazine rings is 1. The summed E-state index contributed by atoms with van der Waals surface area (Å²) in [6.07, 6.45) is 5.39. The summed E-state index contributed by atoms with van der Waals surface area (Å²) >= 11 is 0. The minimum absolute atomic E-state index is 0. The maximum absolute atomic E-state index is 4.37. The van der Waals surface area contributed by atoms with E-state index in [0.29, 0.717) is 11.5 Å². The van der Waals surface area contributed by atoms with Crippen LogP contribution in [-0.2, 0) is 0 Å². The van der Waals surface area contributed by atoms with Crippen LogP contribution in [-0.4, -0.2) is 75.7 Å². The molecule has 130 valence electrons. The van der Waals surface area contributed by atoms with E-state index in [1.54, 1.807) is 0 Å². The second-order valence-corrected chi connectivity index (χ2v) is 6.91. The zero-order chi connectivity index (χ0) is 15.3. The summed E-state index contributed by atoms with van der Waals surface area (Å²) in [5, 5.41) is 7.04. The molecule has 0 bridgehead atoms. The van der Waals surface area contributed by atoms with E-state index in [0.717, 1.165) is 32.1 Å². The number of nitrogens with zero attached hydrogens (tertiary/aromatic N) is 3. The molecule has 5 nitrogen and oxygen atoms in total. The van der Waals surface area contributed by atoms with Gasteiger partial charge in [-0.3, -0.25) is 9.89 Å². The number of likely N-dealkylation sites (N-methyl/N-ethyl adjacent to an activating group) is 2. The van der Waals surface area contributed by atoms with Gasteiger partial charge in [0.05, 0.1) is 0 Å². The summed E-state index contributed by atoms with van der Waals surface area (Å²) in [7, 11) is 6.29. The maximum Gasteiger partial charge on any atom is 0.191 e. The number of nitrogens with one attached hydrogen (secondary N) is 2. The molecule has 0 amide bonds. The van der Waals surface area contributed by atoms with Crippen LogP contribution >= 0.6 is 24.0 Å². The van der Waals surface area contributed by atoms with E-state index in [9.17, 15) is 0 Å². The van der Waals surface area contributed by atoms with Crippen LogP contribution in [0, 0.1) is 5.41 Å². The van der Waals surface area contributed by atoms with Crippen LogP contribution in [0.2, 0.25) is 0 Å². The lowest BCUT2D eigenvalue weighted by atomic mass is 9.67. The molecule has 1 saturated heterocycles. The van der Waals surface area contributed by atoms with E-state index in [-0.39, 0.29) is 24.0 Å². The first-order valence-corrected chi connectivity index (χ1v) is 8.42. The Morgan fingerprint density at radius 1 is 1.23 bits per heavy atom. The fourth-order valence-corrected chi connectivity index (χ4v) is 3.36. The molecule has 22 heavy (non-hydrogen) atoms. The smallest absolute Gasteiger partial charge is 0.191 e. The fraction of sp³-hybridized carbons (Fsp3) is 0.938. The zero-order valence-electron chi connectivity index (χ0n) is 14.7. The zero-order valence-corrected chi connectivity index (χ0v) is 17.0. The first kappa shape index (κ1) is 20.0. The van der Waals surface area contributed by atoms with E-state index in [2.05, 4.69) is 46.4 Å². The third-order valence-corrected chi connectivity index (χ3v) is 5.50. The van der Waals surface area contributed by atoms with Crippen LogP contribution in [0.4, 0.5) is 0 Å². The van der Waals surface area contributed by atoms with Gasteiger partial charge in [-0.15, -0.1) is 24.0 Å². The second-order valence-electron chi connectivity index (χ2n) is 6.91. The van der Waals surface area contributed by atoms with Gasteiger partial charge in [-0.05, 0) is 38.8 Å². The van der Waals surface area contributed by atoms with Crippen LogP contribution in [0.5, 0.6) is 0 Å². The molecule has 0 radical (unpaired) electrons. The largest absolute Gasteiger partial charge is 0.356 e. The third kappa shape index (κ3) is 5.23. The quantitative estimate of drug-likeness (QED) is 0.401. The predicted octanol–water partition coefficient (Wildman–Crippen LogP) is 1.60. The number of aliphatic imine (C=N–C) groups is 1. The minimum atomic E-state index is 0. The van der Waals surface area contributed by atoms with Gasteiger partial charge in [0.15, 0.2) is 5.96 Å². The number of halogens is 1. The Labute approximate surface area is 153 Å². The Morgan fingerprint density at radius 2 is 1.95 bits per heavy atom. The van der Waals surface area contributed by atoms with Crippen molar-refractivity contribution in [3.05, 3.63) is 0 Å². The highest BCUT2D eigenvalue weighted by Crippen LogP contribution is 2.42. The summed E-state index contributed by atoms with van der Waals surface area (Å²) in [6, 6.07) is 0.561. The van der Waals surface area contributed by atoms with Gasteiger partial charge in [-0.1, -0.05) is 13.3 Å². The molecule has 1 heterocycles. The molecule has 2 aliphatic rings. The SMILES string of the molecule is CCC1(CNC(=NC)NCC2CN(C)CCN2C)CCC1.I. The average molecular weight is 423 g/mol. The van der Waals surface area contributed by atoms with Crippen molar-refractivity contribution in [2.45, 2.75) is 38.6 Å². The summed E-state index contributed by atoms with van der Waals surface area (Å²) in [5.74, 6) is 0.955. The molecule has 2 rings (SSSR count). The van der Waals surface area contributed by atoms with Crippen molar-refractivity contribution < 1.29 is 0 Å². The van der Waals surface area contributed by atoms with Gasteiger partial charge in [0.2, 0.25) is 0 Å². The lowest BCUT2D eigenvalue weighted by Gasteiger charge is -2.42. The Morgan fingerprint density at radius 3 is 2.50 bits per heavy atom. The molecule has 0 aromatic rings. The van der Waals surface area contributed by atoms with Gasteiger partial charge in [-0.25, -0.2) is 0 Å². The molecule has 1 atom stereocenters.